The molecule has 0 aliphatic heterocycles. The van der Waals surface area contributed by atoms with Crippen molar-refractivity contribution < 1.29 is 47.8 Å². The van der Waals surface area contributed by atoms with Crippen molar-refractivity contribution in [2.75, 3.05) is 72.2 Å². The average molecular weight is 1150 g/mol. The molecule has 0 spiro atoms. The Morgan fingerprint density at radius 3 is 2.00 bits per heavy atom. The van der Waals surface area contributed by atoms with Crippen LogP contribution in [-0.2, 0) is 50.2 Å². The lowest BCUT2D eigenvalue weighted by molar-refractivity contribution is -0.137. The number of carbonyl (C=O) groups excluding carboxylic acids is 8. The molecule has 2 aromatic carbocycles. The van der Waals surface area contributed by atoms with Gasteiger partial charge in [0, 0.05) is 65.3 Å². The van der Waals surface area contributed by atoms with Gasteiger partial charge in [0.25, 0.3) is 11.8 Å². The molecule has 0 aliphatic carbocycles. The number of hydrogen-bond acceptors (Lipinski definition) is 16. The van der Waals surface area contributed by atoms with Crippen LogP contribution in [0.1, 0.15) is 101 Å². The first-order chi connectivity index (χ1) is 39.7. The largest absolute Gasteiger partial charge is 0.494 e. The molecular formula is C57H80N16O10. The molecule has 0 bridgehead atoms. The third-order valence-corrected chi connectivity index (χ3v) is 12.8. The van der Waals surface area contributed by atoms with Crippen molar-refractivity contribution in [3.63, 3.8) is 0 Å². The summed E-state index contributed by atoms with van der Waals surface area (Å²) in [6.07, 6.45) is 10.4. The Morgan fingerprint density at radius 1 is 0.783 bits per heavy atom. The van der Waals surface area contributed by atoms with Gasteiger partial charge in [0.2, 0.25) is 42.4 Å². The second kappa shape index (κ2) is 32.9. The number of benzene rings is 2. The van der Waals surface area contributed by atoms with Crippen LogP contribution >= 0.6 is 0 Å². The van der Waals surface area contributed by atoms with E-state index in [0.29, 0.717) is 90.9 Å². The third-order valence-electron chi connectivity index (χ3n) is 12.8. The lowest BCUT2D eigenvalue weighted by Gasteiger charge is -2.25. The van der Waals surface area contributed by atoms with Crippen molar-refractivity contribution in [3.05, 3.63) is 94.6 Å². The Balaban J connectivity index is 0.00000101. The number of likely N-dealkylation sites (N-methyl/N-ethyl adjacent to an activating group) is 1. The summed E-state index contributed by atoms with van der Waals surface area (Å²) in [6, 6.07) is 9.72. The van der Waals surface area contributed by atoms with Crippen molar-refractivity contribution in [3.8, 4) is 11.5 Å². The van der Waals surface area contributed by atoms with Crippen LogP contribution in [-0.4, -0.2) is 170 Å². The highest BCUT2D eigenvalue weighted by atomic mass is 16.5. The standard InChI is InChI=1S/C49H67N13O8.C7H10N2O.CH3NO/c1-10-17-42(65)59(31-63)24-19-41(64)52-35(18-12-13-20-57(6)7)47(68)58(8)21-16-25-70-40-27-32(3)26-36-44(40)60(48(51-5)53-36)22-14-15-23-61-43-37(29-34(45(50)66)30-39(43)69-9)54-49(61)55-46(67)38-28-33(4)56-62(38)11-2;1-3-9-7(5-10)4-6(2)8-9;2-1-3/h10,14-15,17,26-31,35H,11-13,16,18-25H2,1-9H3,(H2,50,66)(H,51,53)(H,52,64)(H,54,55,67);4-5H,3H2,1-2H3;1H,(H2,2,3)/b15-14+,17-10-;;. The molecule has 7 N–H and O–H groups in total. The number of imide groups is 1. The molecule has 6 rings (SSSR count). The molecule has 83 heavy (non-hydrogen) atoms. The fourth-order valence-electron chi connectivity index (χ4n) is 8.89. The number of fused-ring (bicyclic) bond motifs is 2. The lowest BCUT2D eigenvalue weighted by Crippen LogP contribution is -2.48. The number of aromatic nitrogens is 8. The van der Waals surface area contributed by atoms with Gasteiger partial charge in [0.05, 0.1) is 36.1 Å². The minimum atomic E-state index is -0.786. The molecule has 448 valence electrons. The van der Waals surface area contributed by atoms with Gasteiger partial charge in [-0.2, -0.15) is 10.2 Å². The number of imidazole rings is 2. The maximum absolute atomic E-state index is 13.8. The molecule has 4 aromatic heterocycles. The zero-order valence-electron chi connectivity index (χ0n) is 49.4. The number of methoxy groups -OCH3 is 1. The van der Waals surface area contributed by atoms with E-state index >= 15 is 0 Å². The summed E-state index contributed by atoms with van der Waals surface area (Å²) in [6.45, 7) is 14.4. The van der Waals surface area contributed by atoms with Gasteiger partial charge >= 0.3 is 0 Å². The molecular weight excluding hydrogens is 1070 g/mol. The SMILES string of the molecule is C/C=C\C(=O)N(C=O)CCC(=O)NC(CCCCN(C)C)C(=O)N(C)CCCOc1cc(C)cc2nc(NC)n(C/C=C/Cn3c(NC(=O)c4cc(C)nn4CC)nc4cc(C(N)=O)cc(OC)c43)c12.CCn1nc(C)cc1C=O.NC=O. The van der Waals surface area contributed by atoms with Gasteiger partial charge in [0.1, 0.15) is 40.0 Å². The van der Waals surface area contributed by atoms with Crippen LogP contribution in [0.4, 0.5) is 11.9 Å². The number of unbranched alkanes of at least 4 members (excludes halogenated alkanes) is 1. The Kier molecular flexibility index (Phi) is 26.3. The smallest absolute Gasteiger partial charge is 0.276 e. The maximum atomic E-state index is 13.8. The highest BCUT2D eigenvalue weighted by Crippen LogP contribution is 2.33. The molecule has 0 aliphatic rings. The molecule has 26 heteroatoms. The number of primary amides is 2. The number of nitrogens with zero attached hydrogens (tertiary/aromatic N) is 11. The van der Waals surface area contributed by atoms with Crippen LogP contribution in [0.2, 0.25) is 0 Å². The van der Waals surface area contributed by atoms with E-state index < -0.39 is 29.7 Å². The summed E-state index contributed by atoms with van der Waals surface area (Å²) in [4.78, 5) is 109. The van der Waals surface area contributed by atoms with Crippen LogP contribution in [0.5, 0.6) is 11.5 Å². The lowest BCUT2D eigenvalue weighted by atomic mass is 10.1. The summed E-state index contributed by atoms with van der Waals surface area (Å²) in [5, 5.41) is 17.5. The van der Waals surface area contributed by atoms with Gasteiger partial charge in [-0.15, -0.1) is 0 Å². The van der Waals surface area contributed by atoms with Gasteiger partial charge in [-0.25, -0.2) is 9.97 Å². The minimum Gasteiger partial charge on any atom is -0.494 e. The quantitative estimate of drug-likeness (QED) is 0.0188. The van der Waals surface area contributed by atoms with E-state index in [1.54, 1.807) is 64.1 Å². The fourth-order valence-corrected chi connectivity index (χ4v) is 8.89. The number of carbonyl (C=O) groups is 8. The van der Waals surface area contributed by atoms with Crippen LogP contribution in [0, 0.1) is 20.8 Å². The van der Waals surface area contributed by atoms with Gasteiger partial charge in [-0.05, 0) is 136 Å². The first kappa shape index (κ1) is 66.3. The molecule has 6 aromatic rings. The van der Waals surface area contributed by atoms with E-state index in [1.807, 2.05) is 77.6 Å². The number of nitrogens with two attached hydrogens (primary N) is 2. The van der Waals surface area contributed by atoms with Crippen molar-refractivity contribution in [1.29, 1.82) is 0 Å². The van der Waals surface area contributed by atoms with E-state index in [1.165, 1.54) is 19.3 Å². The molecule has 26 nitrogen and oxygen atoms in total. The summed E-state index contributed by atoms with van der Waals surface area (Å²) >= 11 is 0. The van der Waals surface area contributed by atoms with Gasteiger partial charge < -0.3 is 50.5 Å². The average Bonchev–Trinajstić information content (AvgIpc) is 4.37. The Bertz CT molecular complexity index is 3260. The molecule has 1 unspecified atom stereocenters. The van der Waals surface area contributed by atoms with Crippen LogP contribution < -0.4 is 36.9 Å². The fraction of sp³-hybridized carbons (Fsp3) is 0.439. The van der Waals surface area contributed by atoms with E-state index in [2.05, 4.69) is 36.8 Å². The number of aldehydes is 1. The summed E-state index contributed by atoms with van der Waals surface area (Å²) in [5.41, 5.74) is 16.0. The first-order valence-electron chi connectivity index (χ1n) is 27.2. The number of amides is 7. The predicted octanol–water partition coefficient (Wildman–Crippen LogP) is 4.40. The molecule has 0 radical (unpaired) electrons. The van der Waals surface area contributed by atoms with Crippen molar-refractivity contribution in [2.45, 2.75) is 106 Å². The molecule has 7 amide bonds. The molecule has 0 fully saturated rings. The summed E-state index contributed by atoms with van der Waals surface area (Å²) in [7, 11) is 8.91. The number of hydrogen-bond donors (Lipinski definition) is 5. The predicted molar refractivity (Wildman–Crippen MR) is 316 cm³/mol. The zero-order valence-corrected chi connectivity index (χ0v) is 49.4. The van der Waals surface area contributed by atoms with Crippen LogP contribution in [0.15, 0.2) is 60.7 Å². The minimum absolute atomic E-state index is 0.111. The van der Waals surface area contributed by atoms with E-state index in [9.17, 15) is 33.6 Å². The number of aryl methyl sites for hydroxylation is 5. The normalized spacial score (nSPS) is 11.4. The van der Waals surface area contributed by atoms with Crippen molar-refractivity contribution in [2.24, 2.45) is 11.5 Å². The second-order valence-electron chi connectivity index (χ2n) is 19.3. The Labute approximate surface area is 483 Å². The Morgan fingerprint density at radius 2 is 1.41 bits per heavy atom. The van der Waals surface area contributed by atoms with Gasteiger partial charge in [0.15, 0.2) is 6.29 Å². The monoisotopic (exact) mass is 1150 g/mol. The highest BCUT2D eigenvalue weighted by molar-refractivity contribution is 6.04. The molecule has 1 atom stereocenters. The first-order valence-corrected chi connectivity index (χ1v) is 27.2. The van der Waals surface area contributed by atoms with Crippen LogP contribution in [0.25, 0.3) is 22.1 Å². The van der Waals surface area contributed by atoms with Crippen molar-refractivity contribution >= 4 is 82.6 Å². The molecule has 4 heterocycles. The number of ether oxygens (including phenoxy) is 2. The summed E-state index contributed by atoms with van der Waals surface area (Å²) in [5.74, 6) is -0.468. The third kappa shape index (κ3) is 18.7. The van der Waals surface area contributed by atoms with E-state index in [0.717, 1.165) is 53.0 Å². The number of nitrogens with one attached hydrogen (secondary N) is 3. The zero-order chi connectivity index (χ0) is 61.3. The Hall–Kier alpha value is -9.20. The van der Waals surface area contributed by atoms with E-state index in [4.69, 9.17) is 30.0 Å². The molecule has 0 saturated carbocycles. The van der Waals surface area contributed by atoms with Crippen molar-refractivity contribution in [1.82, 2.24) is 58.7 Å². The maximum Gasteiger partial charge on any atom is 0.276 e. The van der Waals surface area contributed by atoms with Crippen LogP contribution in [0.3, 0.4) is 0 Å². The van der Waals surface area contributed by atoms with Gasteiger partial charge in [-0.3, -0.25) is 57.9 Å². The topological polar surface area (TPSA) is 324 Å². The molecule has 0 saturated heterocycles. The number of allylic oxidation sites excluding steroid dienone is 3. The highest BCUT2D eigenvalue weighted by Gasteiger charge is 2.26. The number of anilines is 2. The van der Waals surface area contributed by atoms with Gasteiger partial charge in [-0.1, -0.05) is 18.2 Å². The second-order valence-corrected chi connectivity index (χ2v) is 19.3. The summed E-state index contributed by atoms with van der Waals surface area (Å²) < 4.78 is 19.2. The number of rotatable bonds is 29. The van der Waals surface area contributed by atoms with E-state index in [-0.39, 0.29) is 49.9 Å².